The van der Waals surface area contributed by atoms with Gasteiger partial charge in [0, 0.05) is 36.7 Å². The molecule has 4 aliphatic rings. The minimum Gasteiger partial charge on any atom is -0.323 e. The van der Waals surface area contributed by atoms with Gasteiger partial charge in [-0.1, -0.05) is 42.6 Å². The fourth-order valence-electron chi connectivity index (χ4n) is 8.27. The zero-order valence-electron chi connectivity index (χ0n) is 19.9. The Hall–Kier alpha value is -1.59. The second kappa shape index (κ2) is 7.98. The largest absolute Gasteiger partial charge is 0.323 e. The molecule has 1 saturated heterocycles. The van der Waals surface area contributed by atoms with E-state index in [1.165, 1.54) is 17.5 Å². The van der Waals surface area contributed by atoms with Crippen molar-refractivity contribution in [2.24, 2.45) is 34.5 Å². The fraction of sp³-hybridized carbons (Fsp3) is 0.654. The first kappa shape index (κ1) is 23.2. The number of hydrogen-bond donors (Lipinski definition) is 1. The molecule has 3 aliphatic carbocycles. The Kier molecular flexibility index (Phi) is 5.60. The molecule has 6 atom stereocenters. The van der Waals surface area contributed by atoms with E-state index in [0.717, 1.165) is 38.5 Å². The van der Waals surface area contributed by atoms with Crippen molar-refractivity contribution in [1.82, 2.24) is 9.88 Å². The molecular formula is C26H33Cl2N3O2. The van der Waals surface area contributed by atoms with E-state index in [9.17, 15) is 9.59 Å². The average Bonchev–Trinajstić information content (AvgIpc) is 3.11. The lowest BCUT2D eigenvalue weighted by molar-refractivity contribution is -0.137. The molecule has 5 nitrogen and oxygen atoms in total. The minimum atomic E-state index is -0.0485. The van der Waals surface area contributed by atoms with Gasteiger partial charge in [-0.25, -0.2) is 4.98 Å². The number of pyridine rings is 1. The Balaban J connectivity index is 1.42. The van der Waals surface area contributed by atoms with E-state index in [4.69, 9.17) is 23.2 Å². The van der Waals surface area contributed by atoms with Crippen molar-refractivity contribution in [3.63, 3.8) is 0 Å². The van der Waals surface area contributed by atoms with E-state index in [-0.39, 0.29) is 33.7 Å². The second-order valence-corrected chi connectivity index (χ2v) is 12.0. The molecule has 2 amide bonds. The monoisotopic (exact) mass is 489 g/mol. The lowest BCUT2D eigenvalue weighted by Gasteiger charge is -2.59. The molecule has 1 unspecified atom stereocenters. The van der Waals surface area contributed by atoms with Gasteiger partial charge in [-0.05, 0) is 74.7 Å². The molecule has 2 heterocycles. The Bertz CT molecular complexity index is 1060. The predicted octanol–water partition coefficient (Wildman–Crippen LogP) is 6.32. The summed E-state index contributed by atoms with van der Waals surface area (Å²) in [5.74, 6) is 1.87. The number of anilines is 1. The van der Waals surface area contributed by atoms with Crippen molar-refractivity contribution in [2.45, 2.75) is 65.7 Å². The Morgan fingerprint density at radius 2 is 1.94 bits per heavy atom. The van der Waals surface area contributed by atoms with Crippen LogP contribution in [-0.2, 0) is 9.59 Å². The lowest BCUT2D eigenvalue weighted by atomic mass is 9.48. The van der Waals surface area contributed by atoms with E-state index in [1.54, 1.807) is 6.07 Å². The number of hydrogen-bond acceptors (Lipinski definition) is 3. The quantitative estimate of drug-likeness (QED) is 0.494. The Labute approximate surface area is 206 Å². The van der Waals surface area contributed by atoms with E-state index < -0.39 is 0 Å². The summed E-state index contributed by atoms with van der Waals surface area (Å²) >= 11 is 12.3. The predicted molar refractivity (Wildman–Crippen MR) is 131 cm³/mol. The minimum absolute atomic E-state index is 0.0300. The van der Waals surface area contributed by atoms with Crippen LogP contribution in [-0.4, -0.2) is 28.7 Å². The Morgan fingerprint density at radius 1 is 1.18 bits per heavy atom. The molecule has 1 aromatic rings. The molecule has 0 radical (unpaired) electrons. The smallest absolute Gasteiger partial charge is 0.228 e. The van der Waals surface area contributed by atoms with Crippen LogP contribution in [0.2, 0.25) is 10.2 Å². The molecule has 178 valence electrons. The van der Waals surface area contributed by atoms with E-state index in [1.807, 2.05) is 11.9 Å². The molecule has 2 saturated carbocycles. The third kappa shape index (κ3) is 3.44. The van der Waals surface area contributed by atoms with Gasteiger partial charge < -0.3 is 10.2 Å². The van der Waals surface area contributed by atoms with Crippen molar-refractivity contribution in [2.75, 3.05) is 12.4 Å². The zero-order valence-corrected chi connectivity index (χ0v) is 21.4. The number of carbonyl (C=O) groups is 2. The summed E-state index contributed by atoms with van der Waals surface area (Å²) in [5.41, 5.74) is 3.15. The van der Waals surface area contributed by atoms with Crippen LogP contribution in [0, 0.1) is 34.5 Å². The zero-order chi connectivity index (χ0) is 23.7. The molecule has 33 heavy (non-hydrogen) atoms. The van der Waals surface area contributed by atoms with Gasteiger partial charge in [0.2, 0.25) is 11.8 Å². The molecule has 1 aliphatic heterocycles. The molecule has 3 fully saturated rings. The number of piperidine rings is 1. The summed E-state index contributed by atoms with van der Waals surface area (Å²) in [6.07, 6.45) is 8.21. The van der Waals surface area contributed by atoms with Gasteiger partial charge in [0.1, 0.15) is 0 Å². The molecule has 1 N–H and O–H groups in total. The summed E-state index contributed by atoms with van der Waals surface area (Å²) in [7, 11) is 1.96. The van der Waals surface area contributed by atoms with Crippen LogP contribution < -0.4 is 5.32 Å². The molecule has 7 heteroatoms. The van der Waals surface area contributed by atoms with Crippen LogP contribution in [0.4, 0.5) is 5.69 Å². The van der Waals surface area contributed by atoms with Gasteiger partial charge in [-0.2, -0.15) is 0 Å². The van der Waals surface area contributed by atoms with Crippen molar-refractivity contribution in [3.8, 4) is 0 Å². The molecule has 5 rings (SSSR count). The number of allylic oxidation sites excluding steroid dienone is 2. The van der Waals surface area contributed by atoms with Crippen LogP contribution in [0.3, 0.4) is 0 Å². The topological polar surface area (TPSA) is 62.3 Å². The maximum Gasteiger partial charge on any atom is 0.228 e. The third-order valence-electron chi connectivity index (χ3n) is 9.69. The van der Waals surface area contributed by atoms with Gasteiger partial charge in [0.25, 0.3) is 0 Å². The standard InChI is InChI=1S/C26H33Cl2N3O2/c1-14-11-16-17-5-6-19(24(33)30-20-12-15(27)13-29-23(20)28)25(17,2)9-7-18(16)26(3)10-8-21(32)31(4)22(14)26/h12-13,16-19H,5-11H2,1-4H3,(H,30,33)/t16-,17-,18+,19?,25-,26+/m0/s1. The van der Waals surface area contributed by atoms with E-state index in [2.05, 4.69) is 31.1 Å². The number of amides is 2. The number of fused-ring (bicyclic) bond motifs is 5. The summed E-state index contributed by atoms with van der Waals surface area (Å²) in [5, 5.41) is 3.74. The highest BCUT2D eigenvalue weighted by Crippen LogP contribution is 2.66. The average molecular weight is 490 g/mol. The number of likely N-dealkylation sites (tertiary alicyclic amines) is 1. The fourth-order valence-corrected chi connectivity index (χ4v) is 8.58. The molecular weight excluding hydrogens is 457 g/mol. The van der Waals surface area contributed by atoms with Gasteiger partial charge >= 0.3 is 0 Å². The van der Waals surface area contributed by atoms with Gasteiger partial charge in [-0.3, -0.25) is 9.59 Å². The third-order valence-corrected chi connectivity index (χ3v) is 10.2. The first-order chi connectivity index (χ1) is 15.6. The highest BCUT2D eigenvalue weighted by atomic mass is 35.5. The molecule has 0 spiro atoms. The highest BCUT2D eigenvalue weighted by Gasteiger charge is 2.61. The Morgan fingerprint density at radius 3 is 2.70 bits per heavy atom. The van der Waals surface area contributed by atoms with E-state index >= 15 is 0 Å². The SMILES string of the molecule is CC1=C2N(C)C(=O)CC[C@]2(C)[C@@H]2CC[C@]3(C)C(C(=O)Nc4cc(Cl)cnc4Cl)CC[C@H]3[C@@H]2C1. The number of rotatable bonds is 2. The van der Waals surface area contributed by atoms with Crippen molar-refractivity contribution < 1.29 is 9.59 Å². The normalized spacial score (nSPS) is 38.0. The molecule has 1 aromatic heterocycles. The number of nitrogens with zero attached hydrogens (tertiary/aromatic N) is 2. The lowest BCUT2D eigenvalue weighted by Crippen LogP contribution is -2.54. The summed E-state index contributed by atoms with van der Waals surface area (Å²) in [6.45, 7) is 6.94. The van der Waals surface area contributed by atoms with Crippen LogP contribution in [0.25, 0.3) is 0 Å². The summed E-state index contributed by atoms with van der Waals surface area (Å²) < 4.78 is 0. The summed E-state index contributed by atoms with van der Waals surface area (Å²) in [4.78, 5) is 31.9. The van der Waals surface area contributed by atoms with Crippen LogP contribution in [0.1, 0.15) is 65.7 Å². The van der Waals surface area contributed by atoms with Gasteiger partial charge in [0.05, 0.1) is 10.7 Å². The van der Waals surface area contributed by atoms with Crippen molar-refractivity contribution >= 4 is 40.7 Å². The number of nitrogens with one attached hydrogen (secondary N) is 1. The van der Waals surface area contributed by atoms with Gasteiger partial charge in [-0.15, -0.1) is 0 Å². The number of aromatic nitrogens is 1. The van der Waals surface area contributed by atoms with Crippen molar-refractivity contribution in [3.05, 3.63) is 33.7 Å². The van der Waals surface area contributed by atoms with Crippen LogP contribution in [0.5, 0.6) is 0 Å². The molecule has 0 aromatic carbocycles. The second-order valence-electron chi connectivity index (χ2n) is 11.2. The summed E-state index contributed by atoms with van der Waals surface area (Å²) in [6, 6.07) is 1.67. The molecule has 0 bridgehead atoms. The number of carbonyl (C=O) groups excluding carboxylic acids is 2. The first-order valence-electron chi connectivity index (χ1n) is 12.1. The van der Waals surface area contributed by atoms with Gasteiger partial charge in [0.15, 0.2) is 5.15 Å². The van der Waals surface area contributed by atoms with E-state index in [0.29, 0.717) is 34.9 Å². The maximum atomic E-state index is 13.4. The number of halogens is 2. The van der Waals surface area contributed by atoms with Crippen LogP contribution in [0.15, 0.2) is 23.5 Å². The van der Waals surface area contributed by atoms with Crippen LogP contribution >= 0.6 is 23.2 Å². The highest BCUT2D eigenvalue weighted by molar-refractivity contribution is 6.34. The van der Waals surface area contributed by atoms with Crippen molar-refractivity contribution in [1.29, 1.82) is 0 Å². The maximum absolute atomic E-state index is 13.4. The first-order valence-corrected chi connectivity index (χ1v) is 12.9.